The van der Waals surface area contributed by atoms with Crippen molar-refractivity contribution in [3.05, 3.63) is 0 Å². The fraction of sp³-hybridized carbons (Fsp3) is 1.00. The van der Waals surface area contributed by atoms with Crippen LogP contribution in [-0.4, -0.2) is 22.4 Å². The molecule has 2 heteroatoms. The van der Waals surface area contributed by atoms with Gasteiger partial charge in [-0.05, 0) is 49.4 Å². The zero-order valence-corrected chi connectivity index (χ0v) is 11.8. The summed E-state index contributed by atoms with van der Waals surface area (Å²) in [5.74, 6) is 1.16. The van der Waals surface area contributed by atoms with Crippen molar-refractivity contribution in [3.63, 3.8) is 0 Å². The highest BCUT2D eigenvalue weighted by molar-refractivity contribution is 5.11. The van der Waals surface area contributed by atoms with Crippen molar-refractivity contribution < 1.29 is 10.2 Å². The van der Waals surface area contributed by atoms with Crippen LogP contribution in [-0.2, 0) is 0 Å². The molecule has 0 spiro atoms. The van der Waals surface area contributed by atoms with E-state index in [1.54, 1.807) is 0 Å². The zero-order chi connectivity index (χ0) is 12.9. The summed E-state index contributed by atoms with van der Waals surface area (Å²) in [6.45, 7) is 9.08. The molecule has 2 aliphatic rings. The molecule has 2 N–H and O–H groups in total. The highest BCUT2D eigenvalue weighted by atomic mass is 16.3. The van der Waals surface area contributed by atoms with E-state index in [1.165, 1.54) is 6.42 Å². The van der Waals surface area contributed by atoms with Gasteiger partial charge in [0.2, 0.25) is 0 Å². The van der Waals surface area contributed by atoms with Crippen LogP contribution in [0.5, 0.6) is 0 Å². The van der Waals surface area contributed by atoms with Gasteiger partial charge in [0.05, 0.1) is 12.2 Å². The van der Waals surface area contributed by atoms with Crippen LogP contribution in [0.1, 0.15) is 59.8 Å². The van der Waals surface area contributed by atoms with Gasteiger partial charge in [-0.2, -0.15) is 0 Å². The highest BCUT2D eigenvalue weighted by Gasteiger charge is 2.61. The molecule has 0 aromatic carbocycles. The van der Waals surface area contributed by atoms with Crippen LogP contribution in [0.3, 0.4) is 0 Å². The van der Waals surface area contributed by atoms with E-state index in [-0.39, 0.29) is 12.0 Å². The molecular weight excluding hydrogens is 212 g/mol. The van der Waals surface area contributed by atoms with E-state index in [4.69, 9.17) is 0 Å². The molecule has 17 heavy (non-hydrogen) atoms. The van der Waals surface area contributed by atoms with Crippen LogP contribution in [0.2, 0.25) is 0 Å². The van der Waals surface area contributed by atoms with Gasteiger partial charge >= 0.3 is 0 Å². The van der Waals surface area contributed by atoms with E-state index in [0.717, 1.165) is 25.7 Å². The van der Waals surface area contributed by atoms with E-state index >= 15 is 0 Å². The maximum absolute atomic E-state index is 11.1. The van der Waals surface area contributed by atoms with Crippen molar-refractivity contribution in [2.75, 3.05) is 6.61 Å². The minimum absolute atomic E-state index is 0.145. The Kier molecular flexibility index (Phi) is 3.11. The van der Waals surface area contributed by atoms with Crippen LogP contribution >= 0.6 is 0 Å². The van der Waals surface area contributed by atoms with Crippen molar-refractivity contribution in [3.8, 4) is 0 Å². The summed E-state index contributed by atoms with van der Waals surface area (Å²) in [7, 11) is 0. The van der Waals surface area contributed by atoms with E-state index in [9.17, 15) is 10.2 Å². The number of hydrogen-bond acceptors (Lipinski definition) is 2. The topological polar surface area (TPSA) is 40.5 Å². The Morgan fingerprint density at radius 1 is 1.06 bits per heavy atom. The lowest BCUT2D eigenvalue weighted by Gasteiger charge is -2.62. The molecule has 2 unspecified atom stereocenters. The predicted molar refractivity (Wildman–Crippen MR) is 69.7 cm³/mol. The number of aliphatic hydroxyl groups excluding tert-OH is 1. The molecule has 2 nitrogen and oxygen atoms in total. The third-order valence-electron chi connectivity index (χ3n) is 5.10. The Labute approximate surface area is 105 Å². The molecular formula is C15H28O2. The number of aliphatic hydroxyl groups is 2. The molecule has 0 saturated heterocycles. The molecule has 2 rings (SSSR count). The lowest BCUT2D eigenvalue weighted by atomic mass is 9.45. The maximum Gasteiger partial charge on any atom is 0.0731 e. The SMILES string of the molecule is CC1CC(C)CC(O)(C2(CO)CC(C)(C)C2)C1. The van der Waals surface area contributed by atoms with Crippen LogP contribution in [0.15, 0.2) is 0 Å². The number of rotatable bonds is 2. The summed E-state index contributed by atoms with van der Waals surface area (Å²) < 4.78 is 0. The van der Waals surface area contributed by atoms with E-state index in [1.807, 2.05) is 0 Å². The second kappa shape index (κ2) is 3.96. The van der Waals surface area contributed by atoms with Gasteiger partial charge in [-0.3, -0.25) is 0 Å². The molecule has 0 aliphatic heterocycles. The van der Waals surface area contributed by atoms with Crippen LogP contribution < -0.4 is 0 Å². The van der Waals surface area contributed by atoms with Gasteiger partial charge in [-0.1, -0.05) is 27.7 Å². The molecule has 2 aliphatic carbocycles. The minimum atomic E-state index is -0.631. The summed E-state index contributed by atoms with van der Waals surface area (Å²) in [5, 5.41) is 20.9. The fourth-order valence-electron chi connectivity index (χ4n) is 4.89. The average Bonchev–Trinajstić information content (AvgIpc) is 2.10. The summed E-state index contributed by atoms with van der Waals surface area (Å²) in [6.07, 6.45) is 4.88. The van der Waals surface area contributed by atoms with Crippen LogP contribution in [0.25, 0.3) is 0 Å². The van der Waals surface area contributed by atoms with Crippen molar-refractivity contribution >= 4 is 0 Å². The van der Waals surface area contributed by atoms with E-state index in [0.29, 0.717) is 17.3 Å². The van der Waals surface area contributed by atoms with Crippen molar-refractivity contribution in [2.45, 2.75) is 65.4 Å². The maximum atomic E-state index is 11.1. The van der Waals surface area contributed by atoms with Gasteiger partial charge in [0.1, 0.15) is 0 Å². The largest absolute Gasteiger partial charge is 0.396 e. The molecule has 2 atom stereocenters. The summed E-state index contributed by atoms with van der Waals surface area (Å²) in [5.41, 5.74) is -0.559. The van der Waals surface area contributed by atoms with Gasteiger partial charge in [0, 0.05) is 5.41 Å². The first kappa shape index (κ1) is 13.4. The Morgan fingerprint density at radius 2 is 1.53 bits per heavy atom. The first-order valence-corrected chi connectivity index (χ1v) is 7.05. The molecule has 2 saturated carbocycles. The van der Waals surface area contributed by atoms with Gasteiger partial charge in [-0.15, -0.1) is 0 Å². The predicted octanol–water partition coefficient (Wildman–Crippen LogP) is 2.97. The first-order valence-electron chi connectivity index (χ1n) is 7.05. The molecule has 0 aromatic rings. The summed E-state index contributed by atoms with van der Waals surface area (Å²) in [6, 6.07) is 0. The van der Waals surface area contributed by atoms with Gasteiger partial charge < -0.3 is 10.2 Å². The normalized spacial score (nSPS) is 44.1. The van der Waals surface area contributed by atoms with E-state index < -0.39 is 5.60 Å². The van der Waals surface area contributed by atoms with Gasteiger partial charge in [0.15, 0.2) is 0 Å². The van der Waals surface area contributed by atoms with Crippen LogP contribution in [0, 0.1) is 22.7 Å². The lowest BCUT2D eigenvalue weighted by Crippen LogP contribution is -2.62. The van der Waals surface area contributed by atoms with Crippen molar-refractivity contribution in [2.24, 2.45) is 22.7 Å². The highest BCUT2D eigenvalue weighted by Crippen LogP contribution is 2.62. The minimum Gasteiger partial charge on any atom is -0.396 e. The lowest BCUT2D eigenvalue weighted by molar-refractivity contribution is -0.219. The molecule has 0 aromatic heterocycles. The Morgan fingerprint density at radius 3 is 1.88 bits per heavy atom. The average molecular weight is 240 g/mol. The molecule has 0 heterocycles. The van der Waals surface area contributed by atoms with E-state index in [2.05, 4.69) is 27.7 Å². The quantitative estimate of drug-likeness (QED) is 0.779. The molecule has 0 bridgehead atoms. The summed E-state index contributed by atoms with van der Waals surface area (Å²) in [4.78, 5) is 0. The fourth-order valence-corrected chi connectivity index (χ4v) is 4.89. The summed E-state index contributed by atoms with van der Waals surface area (Å²) >= 11 is 0. The monoisotopic (exact) mass is 240 g/mol. The standard InChI is InChI=1S/C15H28O2/c1-11-5-12(2)7-15(17,6-11)14(10-16)8-13(3,4)9-14/h11-12,16-17H,5-10H2,1-4H3. The number of hydrogen-bond donors (Lipinski definition) is 2. The van der Waals surface area contributed by atoms with Crippen molar-refractivity contribution in [1.82, 2.24) is 0 Å². The molecule has 0 amide bonds. The molecule has 0 radical (unpaired) electrons. The Hall–Kier alpha value is -0.0800. The first-order chi connectivity index (χ1) is 7.72. The Balaban J connectivity index is 2.19. The smallest absolute Gasteiger partial charge is 0.0731 e. The second-order valence-corrected chi connectivity index (χ2v) is 7.84. The Bertz CT molecular complexity index is 277. The third-order valence-corrected chi connectivity index (χ3v) is 5.10. The van der Waals surface area contributed by atoms with Gasteiger partial charge in [-0.25, -0.2) is 0 Å². The molecule has 2 fully saturated rings. The van der Waals surface area contributed by atoms with Gasteiger partial charge in [0.25, 0.3) is 0 Å². The third kappa shape index (κ3) is 2.15. The van der Waals surface area contributed by atoms with Crippen molar-refractivity contribution in [1.29, 1.82) is 0 Å². The second-order valence-electron chi connectivity index (χ2n) is 7.84. The zero-order valence-electron chi connectivity index (χ0n) is 11.8. The van der Waals surface area contributed by atoms with Crippen LogP contribution in [0.4, 0.5) is 0 Å². The molecule has 100 valence electrons.